The quantitative estimate of drug-likeness (QED) is 0.382. The largest absolute Gasteiger partial charge is 0.466 e. The molecule has 1 aromatic heterocycles. The van der Waals surface area contributed by atoms with Crippen LogP contribution in [0.3, 0.4) is 0 Å². The van der Waals surface area contributed by atoms with Crippen LogP contribution in [-0.4, -0.2) is 40.3 Å². The summed E-state index contributed by atoms with van der Waals surface area (Å²) >= 11 is 1.02. The van der Waals surface area contributed by atoms with E-state index >= 15 is 0 Å². The molecule has 1 aliphatic rings. The van der Waals surface area contributed by atoms with Gasteiger partial charge in [-0.15, -0.1) is 5.10 Å². The molecule has 0 aliphatic carbocycles. The summed E-state index contributed by atoms with van der Waals surface area (Å²) in [5.74, 6) is -1.01. The highest BCUT2D eigenvalue weighted by molar-refractivity contribution is 8.18. The zero-order chi connectivity index (χ0) is 18.4. The summed E-state index contributed by atoms with van der Waals surface area (Å²) in [5, 5.41) is 10.7. The number of amides is 1. The predicted molar refractivity (Wildman–Crippen MR) is 98.3 cm³/mol. The molecule has 8 nitrogen and oxygen atoms in total. The maximum atomic E-state index is 11.7. The maximum Gasteiger partial charge on any atom is 0.331 e. The minimum absolute atomic E-state index is 0.208. The number of benzene rings is 1. The first-order valence-corrected chi connectivity index (χ1v) is 8.23. The van der Waals surface area contributed by atoms with E-state index in [1.807, 2.05) is 30.3 Å². The van der Waals surface area contributed by atoms with Crippen molar-refractivity contribution in [3.63, 3.8) is 0 Å². The number of carbonyl (C=O) groups is 2. The second-order valence-electron chi connectivity index (χ2n) is 4.95. The standard InChI is InChI=1S/C17H13N5O3S/c1-25-15(23)8-14-16(24)21-17(26-14)22-20-9-11-2-4-12(5-3-11)13-6-7-18-10-19-13/h2-10H,1H3,(H,21,22,24)/b14-8+,20-9?. The van der Waals surface area contributed by atoms with E-state index in [1.165, 1.54) is 13.4 Å². The smallest absolute Gasteiger partial charge is 0.331 e. The first-order chi connectivity index (χ1) is 12.7. The molecule has 9 heteroatoms. The van der Waals surface area contributed by atoms with Crippen LogP contribution in [0.5, 0.6) is 0 Å². The SMILES string of the molecule is COC(=O)/C=C1/S/C(=N\N=Cc2ccc(-c3ccncn3)cc2)NC1=O. The monoisotopic (exact) mass is 367 g/mol. The number of nitrogens with zero attached hydrogens (tertiary/aromatic N) is 4. The van der Waals surface area contributed by atoms with Crippen molar-refractivity contribution >= 4 is 35.0 Å². The van der Waals surface area contributed by atoms with E-state index in [-0.39, 0.29) is 4.91 Å². The molecule has 0 spiro atoms. The van der Waals surface area contributed by atoms with Crippen molar-refractivity contribution in [2.45, 2.75) is 0 Å². The molecule has 3 rings (SSSR count). The fourth-order valence-electron chi connectivity index (χ4n) is 1.99. The molecular formula is C17H13N5O3S. The summed E-state index contributed by atoms with van der Waals surface area (Å²) in [6.07, 6.45) is 5.85. The lowest BCUT2D eigenvalue weighted by atomic mass is 10.1. The average Bonchev–Trinajstić information content (AvgIpc) is 3.02. The highest BCUT2D eigenvalue weighted by Gasteiger charge is 2.24. The van der Waals surface area contributed by atoms with E-state index in [0.29, 0.717) is 5.17 Å². The molecule has 26 heavy (non-hydrogen) atoms. The Bertz CT molecular complexity index is 908. The molecule has 2 heterocycles. The molecule has 0 radical (unpaired) electrons. The van der Waals surface area contributed by atoms with E-state index in [4.69, 9.17) is 0 Å². The number of methoxy groups -OCH3 is 1. The molecule has 1 N–H and O–H groups in total. The van der Waals surface area contributed by atoms with Crippen LogP contribution in [0.25, 0.3) is 11.3 Å². The summed E-state index contributed by atoms with van der Waals surface area (Å²) in [5.41, 5.74) is 2.64. The van der Waals surface area contributed by atoms with E-state index in [9.17, 15) is 9.59 Å². The normalized spacial score (nSPS) is 17.0. The van der Waals surface area contributed by atoms with Crippen LogP contribution >= 0.6 is 11.8 Å². The van der Waals surface area contributed by atoms with Gasteiger partial charge in [0, 0.05) is 17.8 Å². The molecule has 1 aliphatic heterocycles. The molecule has 1 fully saturated rings. The highest BCUT2D eigenvalue weighted by Crippen LogP contribution is 2.23. The minimum Gasteiger partial charge on any atom is -0.466 e. The van der Waals surface area contributed by atoms with E-state index in [0.717, 1.165) is 34.7 Å². The third kappa shape index (κ3) is 4.39. The summed E-state index contributed by atoms with van der Waals surface area (Å²) in [7, 11) is 1.24. The zero-order valence-corrected chi connectivity index (χ0v) is 14.4. The van der Waals surface area contributed by atoms with Crippen molar-refractivity contribution in [2.24, 2.45) is 10.2 Å². The Balaban J connectivity index is 1.65. The Morgan fingerprint density at radius 1 is 1.27 bits per heavy atom. The Morgan fingerprint density at radius 3 is 2.77 bits per heavy atom. The van der Waals surface area contributed by atoms with Gasteiger partial charge in [-0.25, -0.2) is 14.8 Å². The Kier molecular flexibility index (Phi) is 5.49. The number of thioether (sulfide) groups is 1. The number of aromatic nitrogens is 2. The van der Waals surface area contributed by atoms with E-state index in [1.54, 1.807) is 12.4 Å². The van der Waals surface area contributed by atoms with Crippen LogP contribution in [0.15, 0.2) is 64.0 Å². The third-order valence-corrected chi connectivity index (χ3v) is 4.15. The van der Waals surface area contributed by atoms with Gasteiger partial charge in [0.1, 0.15) is 6.33 Å². The lowest BCUT2D eigenvalue weighted by molar-refractivity contribution is -0.135. The van der Waals surface area contributed by atoms with Gasteiger partial charge in [-0.05, 0) is 23.4 Å². The average molecular weight is 367 g/mol. The van der Waals surface area contributed by atoms with Crippen molar-refractivity contribution in [3.8, 4) is 11.3 Å². The first kappa shape index (κ1) is 17.5. The van der Waals surface area contributed by atoms with Crippen molar-refractivity contribution in [1.29, 1.82) is 0 Å². The predicted octanol–water partition coefficient (Wildman–Crippen LogP) is 1.75. The molecule has 0 bridgehead atoms. The second kappa shape index (κ2) is 8.17. The van der Waals surface area contributed by atoms with Gasteiger partial charge in [-0.2, -0.15) is 5.10 Å². The van der Waals surface area contributed by atoms with Gasteiger partial charge in [0.05, 0.1) is 23.9 Å². The van der Waals surface area contributed by atoms with Gasteiger partial charge >= 0.3 is 5.97 Å². The Hall–Kier alpha value is -3.33. The Labute approximate surface area is 153 Å². The van der Waals surface area contributed by atoms with Crippen LogP contribution in [0.2, 0.25) is 0 Å². The number of nitrogens with one attached hydrogen (secondary N) is 1. The number of amidine groups is 1. The molecule has 1 saturated heterocycles. The molecule has 0 saturated carbocycles. The van der Waals surface area contributed by atoms with Gasteiger partial charge in [-0.1, -0.05) is 24.3 Å². The summed E-state index contributed by atoms with van der Waals surface area (Å²) in [6, 6.07) is 9.42. The van der Waals surface area contributed by atoms with Crippen molar-refractivity contribution in [2.75, 3.05) is 7.11 Å². The lowest BCUT2D eigenvalue weighted by Gasteiger charge is -1.99. The highest BCUT2D eigenvalue weighted by atomic mass is 32.2. The summed E-state index contributed by atoms with van der Waals surface area (Å²) in [6.45, 7) is 0. The van der Waals surface area contributed by atoms with Gasteiger partial charge in [0.2, 0.25) is 0 Å². The summed E-state index contributed by atoms with van der Waals surface area (Å²) < 4.78 is 4.49. The molecular weight excluding hydrogens is 354 g/mol. The second-order valence-corrected chi connectivity index (χ2v) is 5.98. The van der Waals surface area contributed by atoms with Crippen LogP contribution in [0.4, 0.5) is 0 Å². The summed E-state index contributed by atoms with van der Waals surface area (Å²) in [4.78, 5) is 31.2. The number of hydrogen-bond acceptors (Lipinski definition) is 8. The minimum atomic E-state index is -0.601. The van der Waals surface area contributed by atoms with Gasteiger partial charge in [0.25, 0.3) is 5.91 Å². The van der Waals surface area contributed by atoms with Crippen molar-refractivity contribution in [3.05, 3.63) is 59.4 Å². The lowest BCUT2D eigenvalue weighted by Crippen LogP contribution is -2.19. The molecule has 2 aromatic rings. The molecule has 0 unspecified atom stereocenters. The van der Waals surface area contributed by atoms with Gasteiger partial charge in [-0.3, -0.25) is 10.1 Å². The van der Waals surface area contributed by atoms with Crippen LogP contribution < -0.4 is 5.32 Å². The molecule has 1 amide bonds. The fourth-order valence-corrected chi connectivity index (χ4v) is 2.73. The maximum absolute atomic E-state index is 11.7. The number of rotatable bonds is 4. The van der Waals surface area contributed by atoms with Crippen molar-refractivity contribution in [1.82, 2.24) is 15.3 Å². The zero-order valence-electron chi connectivity index (χ0n) is 13.6. The number of hydrogen-bond donors (Lipinski definition) is 1. The molecule has 0 atom stereocenters. The first-order valence-electron chi connectivity index (χ1n) is 7.42. The van der Waals surface area contributed by atoms with Crippen LogP contribution in [0.1, 0.15) is 5.56 Å². The van der Waals surface area contributed by atoms with E-state index in [2.05, 4.69) is 30.2 Å². The topological polar surface area (TPSA) is 106 Å². The number of carbonyl (C=O) groups excluding carboxylic acids is 2. The van der Waals surface area contributed by atoms with Gasteiger partial charge in [0.15, 0.2) is 5.17 Å². The van der Waals surface area contributed by atoms with Crippen LogP contribution in [-0.2, 0) is 14.3 Å². The number of ether oxygens (including phenoxy) is 1. The van der Waals surface area contributed by atoms with Crippen LogP contribution in [0, 0.1) is 0 Å². The number of esters is 1. The van der Waals surface area contributed by atoms with Crippen molar-refractivity contribution < 1.29 is 14.3 Å². The molecule has 130 valence electrons. The molecule has 1 aromatic carbocycles. The fraction of sp³-hybridized carbons (Fsp3) is 0.0588. The van der Waals surface area contributed by atoms with E-state index < -0.39 is 11.9 Å². The Morgan fingerprint density at radius 2 is 2.08 bits per heavy atom. The van der Waals surface area contributed by atoms with Gasteiger partial charge < -0.3 is 4.74 Å². The third-order valence-electron chi connectivity index (χ3n) is 3.24.